The first-order chi connectivity index (χ1) is 15.5. The van der Waals surface area contributed by atoms with E-state index in [9.17, 15) is 19.7 Å². The van der Waals surface area contributed by atoms with E-state index in [4.69, 9.17) is 9.15 Å². The van der Waals surface area contributed by atoms with Gasteiger partial charge in [-0.15, -0.1) is 0 Å². The molecule has 0 radical (unpaired) electrons. The number of anilines is 1. The number of para-hydroxylation sites is 2. The number of nitrogens with zero attached hydrogens (tertiary/aromatic N) is 1. The summed E-state index contributed by atoms with van der Waals surface area (Å²) in [7, 11) is 0. The second-order valence-electron chi connectivity index (χ2n) is 6.82. The summed E-state index contributed by atoms with van der Waals surface area (Å²) in [4.78, 5) is 36.8. The van der Waals surface area contributed by atoms with E-state index >= 15 is 0 Å². The Hall–Kier alpha value is -4.46. The molecular formula is C24H18N2O6. The SMILES string of the molecule is CCOc1ccc(C(=O)c2oc3ccccc3c2NC(=O)c2ccccc2[N+](=O)[O-])cc1. The van der Waals surface area contributed by atoms with Crippen molar-refractivity contribution in [3.8, 4) is 5.75 Å². The maximum Gasteiger partial charge on any atom is 0.282 e. The Morgan fingerprint density at radius 3 is 2.41 bits per heavy atom. The lowest BCUT2D eigenvalue weighted by molar-refractivity contribution is -0.385. The molecule has 0 fully saturated rings. The van der Waals surface area contributed by atoms with Crippen LogP contribution in [0.1, 0.15) is 33.4 Å². The number of carbonyl (C=O) groups excluding carboxylic acids is 2. The van der Waals surface area contributed by atoms with Crippen molar-refractivity contribution in [3.05, 3.63) is 99.8 Å². The van der Waals surface area contributed by atoms with Gasteiger partial charge in [0.15, 0.2) is 5.76 Å². The van der Waals surface area contributed by atoms with Crippen molar-refractivity contribution in [2.45, 2.75) is 6.92 Å². The highest BCUT2D eigenvalue weighted by atomic mass is 16.6. The number of benzene rings is 3. The van der Waals surface area contributed by atoms with E-state index in [0.717, 1.165) is 0 Å². The number of fused-ring (bicyclic) bond motifs is 1. The molecule has 1 heterocycles. The molecule has 1 N–H and O–H groups in total. The lowest BCUT2D eigenvalue weighted by atomic mass is 10.1. The molecule has 160 valence electrons. The monoisotopic (exact) mass is 430 g/mol. The highest BCUT2D eigenvalue weighted by Crippen LogP contribution is 2.33. The van der Waals surface area contributed by atoms with Gasteiger partial charge in [-0.25, -0.2) is 0 Å². The van der Waals surface area contributed by atoms with E-state index in [1.807, 2.05) is 6.92 Å². The van der Waals surface area contributed by atoms with E-state index in [1.165, 1.54) is 24.3 Å². The molecule has 0 saturated heterocycles. The fourth-order valence-electron chi connectivity index (χ4n) is 3.34. The van der Waals surface area contributed by atoms with E-state index in [0.29, 0.717) is 28.9 Å². The summed E-state index contributed by atoms with van der Waals surface area (Å²) in [6.45, 7) is 2.36. The second-order valence-corrected chi connectivity index (χ2v) is 6.82. The summed E-state index contributed by atoms with van der Waals surface area (Å²) in [5.41, 5.74) is 0.440. The molecule has 0 aliphatic carbocycles. The molecule has 0 unspecified atom stereocenters. The van der Waals surface area contributed by atoms with Gasteiger partial charge in [-0.2, -0.15) is 0 Å². The standard InChI is InChI=1S/C24H18N2O6/c1-2-31-16-13-11-15(12-14-16)22(27)23-21(18-8-4-6-10-20(18)32-23)25-24(28)17-7-3-5-9-19(17)26(29)30/h3-14H,2H2,1H3,(H,25,28). The van der Waals surface area contributed by atoms with Crippen molar-refractivity contribution in [3.63, 3.8) is 0 Å². The maximum atomic E-state index is 13.2. The average Bonchev–Trinajstić information content (AvgIpc) is 3.17. The van der Waals surface area contributed by atoms with Crippen LogP contribution in [0.3, 0.4) is 0 Å². The summed E-state index contributed by atoms with van der Waals surface area (Å²) in [5, 5.41) is 14.5. The zero-order valence-electron chi connectivity index (χ0n) is 17.0. The molecule has 1 aromatic heterocycles. The Kier molecular flexibility index (Phi) is 5.67. The number of nitrogens with one attached hydrogen (secondary N) is 1. The predicted octanol–water partition coefficient (Wildman–Crippen LogP) is 5.22. The first-order valence-corrected chi connectivity index (χ1v) is 9.83. The molecule has 8 nitrogen and oxygen atoms in total. The lowest BCUT2D eigenvalue weighted by Crippen LogP contribution is -2.15. The summed E-state index contributed by atoms with van der Waals surface area (Å²) >= 11 is 0. The van der Waals surface area contributed by atoms with E-state index in [-0.39, 0.29) is 22.7 Å². The largest absolute Gasteiger partial charge is 0.494 e. The number of hydrogen-bond donors (Lipinski definition) is 1. The molecule has 4 aromatic rings. The van der Waals surface area contributed by atoms with Crippen molar-refractivity contribution < 1.29 is 23.7 Å². The van der Waals surface area contributed by atoms with Crippen LogP contribution in [0.5, 0.6) is 5.75 Å². The van der Waals surface area contributed by atoms with Crippen LogP contribution >= 0.6 is 0 Å². The van der Waals surface area contributed by atoms with Crippen LogP contribution in [0.25, 0.3) is 11.0 Å². The minimum atomic E-state index is -0.718. The molecule has 0 bridgehead atoms. The van der Waals surface area contributed by atoms with E-state index < -0.39 is 16.6 Å². The minimum absolute atomic E-state index is 0.0673. The molecule has 32 heavy (non-hydrogen) atoms. The Bertz CT molecular complexity index is 1320. The molecule has 3 aromatic carbocycles. The normalized spacial score (nSPS) is 10.7. The van der Waals surface area contributed by atoms with Crippen LogP contribution in [-0.2, 0) is 0 Å². The van der Waals surface area contributed by atoms with Gasteiger partial charge in [0.2, 0.25) is 5.78 Å². The van der Waals surface area contributed by atoms with Crippen molar-refractivity contribution in [1.29, 1.82) is 0 Å². The number of amides is 1. The van der Waals surface area contributed by atoms with Crippen molar-refractivity contribution in [1.82, 2.24) is 0 Å². The van der Waals surface area contributed by atoms with Gasteiger partial charge in [-0.3, -0.25) is 19.7 Å². The van der Waals surface area contributed by atoms with Gasteiger partial charge in [0.25, 0.3) is 11.6 Å². The van der Waals surface area contributed by atoms with Gasteiger partial charge in [-0.05, 0) is 49.4 Å². The summed E-state index contributed by atoms with van der Waals surface area (Å²) < 4.78 is 11.2. The number of hydrogen-bond acceptors (Lipinski definition) is 6. The van der Waals surface area contributed by atoms with Gasteiger partial charge < -0.3 is 14.5 Å². The number of carbonyl (C=O) groups is 2. The predicted molar refractivity (Wildman–Crippen MR) is 118 cm³/mol. The molecular weight excluding hydrogens is 412 g/mol. The Balaban J connectivity index is 1.75. The Morgan fingerprint density at radius 2 is 1.69 bits per heavy atom. The summed E-state index contributed by atoms with van der Waals surface area (Å²) in [6.07, 6.45) is 0. The quantitative estimate of drug-likeness (QED) is 0.244. The minimum Gasteiger partial charge on any atom is -0.494 e. The van der Waals surface area contributed by atoms with Gasteiger partial charge in [-0.1, -0.05) is 24.3 Å². The molecule has 0 spiro atoms. The second kappa shape index (κ2) is 8.73. The zero-order valence-corrected chi connectivity index (χ0v) is 17.0. The molecule has 8 heteroatoms. The van der Waals surface area contributed by atoms with Gasteiger partial charge >= 0.3 is 0 Å². The molecule has 0 atom stereocenters. The molecule has 0 saturated carbocycles. The molecule has 0 aliphatic rings. The first kappa shape index (κ1) is 20.8. The van der Waals surface area contributed by atoms with Crippen LogP contribution in [0.2, 0.25) is 0 Å². The lowest BCUT2D eigenvalue weighted by Gasteiger charge is -2.07. The van der Waals surface area contributed by atoms with Gasteiger partial charge in [0.05, 0.1) is 17.2 Å². The van der Waals surface area contributed by atoms with Gasteiger partial charge in [0, 0.05) is 17.0 Å². The Morgan fingerprint density at radius 1 is 1.00 bits per heavy atom. The van der Waals surface area contributed by atoms with E-state index in [1.54, 1.807) is 48.5 Å². The number of ketones is 1. The third kappa shape index (κ3) is 3.93. The average molecular weight is 430 g/mol. The van der Waals surface area contributed by atoms with Crippen molar-refractivity contribution in [2.75, 3.05) is 11.9 Å². The topological polar surface area (TPSA) is 112 Å². The van der Waals surface area contributed by atoms with Crippen LogP contribution < -0.4 is 10.1 Å². The highest BCUT2D eigenvalue weighted by molar-refractivity contribution is 6.19. The Labute approximate surface area is 182 Å². The van der Waals surface area contributed by atoms with E-state index in [2.05, 4.69) is 5.32 Å². The number of rotatable bonds is 7. The smallest absolute Gasteiger partial charge is 0.282 e. The first-order valence-electron chi connectivity index (χ1n) is 9.83. The van der Waals surface area contributed by atoms with Crippen LogP contribution in [0.15, 0.2) is 77.2 Å². The van der Waals surface area contributed by atoms with Gasteiger partial charge in [0.1, 0.15) is 16.9 Å². The number of ether oxygens (including phenoxy) is 1. The van der Waals surface area contributed by atoms with Crippen molar-refractivity contribution in [2.24, 2.45) is 0 Å². The highest BCUT2D eigenvalue weighted by Gasteiger charge is 2.26. The molecule has 4 rings (SSSR count). The number of nitro groups is 1. The van der Waals surface area contributed by atoms with Crippen molar-refractivity contribution >= 4 is 34.0 Å². The maximum absolute atomic E-state index is 13.2. The third-order valence-electron chi connectivity index (χ3n) is 4.81. The molecule has 1 amide bonds. The van der Waals surface area contributed by atoms with Crippen LogP contribution in [0.4, 0.5) is 11.4 Å². The van der Waals surface area contributed by atoms with Crippen LogP contribution in [0, 0.1) is 10.1 Å². The fraction of sp³-hybridized carbons (Fsp3) is 0.0833. The fourth-order valence-corrected chi connectivity index (χ4v) is 3.34. The summed E-state index contributed by atoms with van der Waals surface area (Å²) in [5.74, 6) is -0.604. The third-order valence-corrected chi connectivity index (χ3v) is 4.81. The summed E-state index contributed by atoms with van der Waals surface area (Å²) in [6, 6.07) is 19.0. The number of furan rings is 1. The molecule has 0 aliphatic heterocycles. The van der Waals surface area contributed by atoms with Crippen LogP contribution in [-0.4, -0.2) is 23.2 Å². The number of nitro benzene ring substituents is 1. The zero-order chi connectivity index (χ0) is 22.7.